The molecule has 0 fully saturated rings. The summed E-state index contributed by atoms with van der Waals surface area (Å²) in [5.41, 5.74) is -0.0731. The van der Waals surface area contributed by atoms with E-state index in [1.807, 2.05) is 6.92 Å². The third-order valence-corrected chi connectivity index (χ3v) is 3.82. The van der Waals surface area contributed by atoms with Crippen molar-refractivity contribution < 1.29 is 19.5 Å². The zero-order chi connectivity index (χ0) is 17.5. The number of anilines is 2. The van der Waals surface area contributed by atoms with Crippen molar-refractivity contribution in [2.45, 2.75) is 26.2 Å². The van der Waals surface area contributed by atoms with E-state index in [9.17, 15) is 19.5 Å². The number of hydrogen-bond donors (Lipinski definition) is 2. The molecule has 0 bridgehead atoms. The second kappa shape index (κ2) is 8.16. The monoisotopic (exact) mass is 347 g/mol. The fourth-order valence-electron chi connectivity index (χ4n) is 1.89. The Morgan fingerprint density at radius 2 is 1.83 bits per heavy atom. The second-order valence-electron chi connectivity index (χ2n) is 4.86. The fraction of sp³-hybridized carbons (Fsp3) is 0.267. The van der Waals surface area contributed by atoms with E-state index in [2.05, 4.69) is 20.8 Å². The molecule has 24 heavy (non-hydrogen) atoms. The number of carbonyl (C=O) groups is 3. The Morgan fingerprint density at radius 3 is 2.54 bits per heavy atom. The molecule has 1 heterocycles. The molecule has 2 rings (SSSR count). The van der Waals surface area contributed by atoms with E-state index in [0.29, 0.717) is 5.13 Å². The summed E-state index contributed by atoms with van der Waals surface area (Å²) in [6.45, 7) is 2.01. The van der Waals surface area contributed by atoms with Gasteiger partial charge in [0.2, 0.25) is 16.9 Å². The first-order valence-corrected chi connectivity index (χ1v) is 8.03. The Balaban J connectivity index is 1.92. The predicted molar refractivity (Wildman–Crippen MR) is 86.6 cm³/mol. The molecule has 0 saturated heterocycles. The average Bonchev–Trinajstić information content (AvgIpc) is 2.94. The number of aryl methyl sites for hydroxylation is 1. The van der Waals surface area contributed by atoms with Gasteiger partial charge in [0.05, 0.1) is 5.97 Å². The van der Waals surface area contributed by atoms with Gasteiger partial charge in [-0.15, -0.1) is 10.2 Å². The Hall–Kier alpha value is -2.81. The van der Waals surface area contributed by atoms with Gasteiger partial charge in [0.1, 0.15) is 11.4 Å². The summed E-state index contributed by atoms with van der Waals surface area (Å²) in [5.74, 6) is -2.61. The van der Waals surface area contributed by atoms with Gasteiger partial charge in [0, 0.05) is 17.7 Å². The van der Waals surface area contributed by atoms with Crippen LogP contribution in [0.1, 0.15) is 35.1 Å². The zero-order valence-electron chi connectivity index (χ0n) is 12.9. The Bertz CT molecular complexity index is 759. The highest BCUT2D eigenvalue weighted by Gasteiger charge is 2.14. The molecule has 0 aliphatic heterocycles. The molecule has 0 aliphatic rings. The Morgan fingerprint density at radius 1 is 1.12 bits per heavy atom. The molecular formula is C15H15N4O4S-. The average molecular weight is 347 g/mol. The van der Waals surface area contributed by atoms with Crippen molar-refractivity contribution in [1.82, 2.24) is 10.2 Å². The summed E-state index contributed by atoms with van der Waals surface area (Å²) in [5, 5.41) is 24.7. The van der Waals surface area contributed by atoms with Crippen molar-refractivity contribution in [1.29, 1.82) is 0 Å². The number of amides is 2. The molecule has 1 aromatic heterocycles. The Kier molecular flexibility index (Phi) is 5.96. The number of carbonyl (C=O) groups excluding carboxylic acids is 3. The maximum absolute atomic E-state index is 11.9. The van der Waals surface area contributed by atoms with E-state index in [1.165, 1.54) is 29.5 Å². The minimum atomic E-state index is -1.41. The number of carboxylic acids is 1. The lowest BCUT2D eigenvalue weighted by molar-refractivity contribution is -0.254. The molecule has 2 amide bonds. The highest BCUT2D eigenvalue weighted by Crippen LogP contribution is 2.17. The smallest absolute Gasteiger partial charge is 0.235 e. The SMILES string of the molecule is CCCc1nnc(NC(=O)CC(=O)Nc2ccccc2C(=O)[O-])s1. The normalized spacial score (nSPS) is 10.2. The molecule has 8 nitrogen and oxygen atoms in total. The van der Waals surface area contributed by atoms with Crippen LogP contribution in [-0.2, 0) is 16.0 Å². The van der Waals surface area contributed by atoms with Crippen LogP contribution in [0.4, 0.5) is 10.8 Å². The van der Waals surface area contributed by atoms with Gasteiger partial charge >= 0.3 is 0 Å². The highest BCUT2D eigenvalue weighted by molar-refractivity contribution is 7.15. The molecule has 1 aromatic carbocycles. The van der Waals surface area contributed by atoms with E-state index < -0.39 is 24.2 Å². The number of carboxylic acid groups (broad SMARTS) is 1. The minimum Gasteiger partial charge on any atom is -0.545 e. The number of benzene rings is 1. The highest BCUT2D eigenvalue weighted by atomic mass is 32.1. The molecule has 0 radical (unpaired) electrons. The van der Waals surface area contributed by atoms with E-state index >= 15 is 0 Å². The summed E-state index contributed by atoms with van der Waals surface area (Å²) in [6.07, 6.45) is 1.22. The number of aromatic carboxylic acids is 1. The lowest BCUT2D eigenvalue weighted by Gasteiger charge is -2.11. The van der Waals surface area contributed by atoms with Gasteiger partial charge in [0.25, 0.3) is 0 Å². The van der Waals surface area contributed by atoms with Crippen LogP contribution in [0.2, 0.25) is 0 Å². The fourth-order valence-corrected chi connectivity index (χ4v) is 2.75. The molecule has 0 aliphatic carbocycles. The first-order chi connectivity index (χ1) is 11.5. The largest absolute Gasteiger partial charge is 0.545 e. The summed E-state index contributed by atoms with van der Waals surface area (Å²) in [7, 11) is 0. The predicted octanol–water partition coefficient (Wildman–Crippen LogP) is 0.821. The van der Waals surface area contributed by atoms with Gasteiger partial charge in [-0.1, -0.05) is 36.5 Å². The molecule has 0 unspecified atom stereocenters. The summed E-state index contributed by atoms with van der Waals surface area (Å²) in [4.78, 5) is 34.7. The number of aromatic nitrogens is 2. The number of hydrogen-bond acceptors (Lipinski definition) is 7. The van der Waals surface area contributed by atoms with Gasteiger partial charge in [-0.05, 0) is 12.5 Å². The lowest BCUT2D eigenvalue weighted by Crippen LogP contribution is -2.26. The van der Waals surface area contributed by atoms with E-state index in [4.69, 9.17) is 0 Å². The summed E-state index contributed by atoms with van der Waals surface area (Å²) in [6, 6.07) is 5.81. The van der Waals surface area contributed by atoms with Crippen LogP contribution in [0.5, 0.6) is 0 Å². The standard InChI is InChI=1S/C15H16N4O4S/c1-2-5-13-18-19-15(24-13)17-12(21)8-11(20)16-10-7-4-3-6-9(10)14(22)23/h3-4,6-7H,2,5,8H2,1H3,(H,16,20)(H,22,23)(H,17,19,21)/p-1. The summed E-state index contributed by atoms with van der Waals surface area (Å²) >= 11 is 1.25. The van der Waals surface area contributed by atoms with Crippen LogP contribution >= 0.6 is 11.3 Å². The van der Waals surface area contributed by atoms with E-state index in [-0.39, 0.29) is 11.3 Å². The maximum atomic E-state index is 11.9. The number of nitrogens with one attached hydrogen (secondary N) is 2. The number of nitrogens with zero attached hydrogens (tertiary/aromatic N) is 2. The molecule has 0 saturated carbocycles. The van der Waals surface area contributed by atoms with Crippen molar-refractivity contribution in [2.24, 2.45) is 0 Å². The van der Waals surface area contributed by atoms with Gasteiger partial charge in [-0.2, -0.15) is 0 Å². The van der Waals surface area contributed by atoms with Crippen molar-refractivity contribution in [3.63, 3.8) is 0 Å². The third kappa shape index (κ3) is 4.85. The quantitative estimate of drug-likeness (QED) is 0.715. The van der Waals surface area contributed by atoms with Crippen LogP contribution < -0.4 is 15.7 Å². The third-order valence-electron chi connectivity index (χ3n) is 2.92. The van der Waals surface area contributed by atoms with E-state index in [1.54, 1.807) is 6.07 Å². The topological polar surface area (TPSA) is 124 Å². The van der Waals surface area contributed by atoms with E-state index in [0.717, 1.165) is 17.8 Å². The van der Waals surface area contributed by atoms with Crippen molar-refractivity contribution >= 4 is 39.9 Å². The lowest BCUT2D eigenvalue weighted by atomic mass is 10.2. The van der Waals surface area contributed by atoms with Gasteiger partial charge in [0.15, 0.2) is 0 Å². The van der Waals surface area contributed by atoms with Crippen molar-refractivity contribution in [2.75, 3.05) is 10.6 Å². The number of rotatable bonds is 7. The van der Waals surface area contributed by atoms with Gasteiger partial charge in [-0.3, -0.25) is 9.59 Å². The molecule has 126 valence electrons. The molecule has 0 spiro atoms. The molecule has 2 aromatic rings. The second-order valence-corrected chi connectivity index (χ2v) is 5.92. The van der Waals surface area contributed by atoms with Gasteiger partial charge < -0.3 is 20.5 Å². The van der Waals surface area contributed by atoms with Crippen LogP contribution in [-0.4, -0.2) is 28.0 Å². The van der Waals surface area contributed by atoms with Gasteiger partial charge in [-0.25, -0.2) is 0 Å². The van der Waals surface area contributed by atoms with Crippen LogP contribution in [0.15, 0.2) is 24.3 Å². The molecular weight excluding hydrogens is 332 g/mol. The van der Waals surface area contributed by atoms with Crippen LogP contribution in [0.25, 0.3) is 0 Å². The van der Waals surface area contributed by atoms with Crippen molar-refractivity contribution in [3.05, 3.63) is 34.8 Å². The summed E-state index contributed by atoms with van der Waals surface area (Å²) < 4.78 is 0. The first kappa shape index (κ1) is 17.5. The zero-order valence-corrected chi connectivity index (χ0v) is 13.7. The van der Waals surface area contributed by atoms with Crippen LogP contribution in [0.3, 0.4) is 0 Å². The first-order valence-electron chi connectivity index (χ1n) is 7.22. The molecule has 2 N–H and O–H groups in total. The molecule has 0 atom stereocenters. The minimum absolute atomic E-state index is 0.0800. The Labute approximate surface area is 141 Å². The maximum Gasteiger partial charge on any atom is 0.235 e. The van der Waals surface area contributed by atoms with Crippen LogP contribution in [0, 0.1) is 0 Å². The molecule has 9 heteroatoms. The number of para-hydroxylation sites is 1. The van der Waals surface area contributed by atoms with Crippen molar-refractivity contribution in [3.8, 4) is 0 Å².